The van der Waals surface area contributed by atoms with Gasteiger partial charge < -0.3 is 14.5 Å². The van der Waals surface area contributed by atoms with E-state index < -0.39 is 0 Å². The molecule has 0 bridgehead atoms. The number of ketones is 1. The van der Waals surface area contributed by atoms with Crippen LogP contribution in [0.1, 0.15) is 36.6 Å². The summed E-state index contributed by atoms with van der Waals surface area (Å²) in [7, 11) is 0. The molecular formula is C17H19BaNO2S. The van der Waals surface area contributed by atoms with E-state index in [4.69, 9.17) is 0 Å². The molecule has 0 aromatic heterocycles. The number of amides is 1. The number of carbonyl (C=O) groups is 1. The molecule has 1 heterocycles. The van der Waals surface area contributed by atoms with E-state index in [2.05, 4.69) is 12.8 Å². The van der Waals surface area contributed by atoms with Crippen LogP contribution in [0, 0.1) is 12.3 Å². The molecule has 0 spiro atoms. The molecule has 1 aliphatic carbocycles. The maximum Gasteiger partial charge on any atom is 2.00 e. The predicted molar refractivity (Wildman–Crippen MR) is 90.0 cm³/mol. The van der Waals surface area contributed by atoms with Crippen molar-refractivity contribution in [3.05, 3.63) is 42.3 Å². The molecule has 5 heteroatoms. The quantitative estimate of drug-likeness (QED) is 0.536. The Hall–Kier alpha value is 0.281. The number of benzene rings is 1. The number of hydrogen-bond acceptors (Lipinski definition) is 3. The zero-order valence-corrected chi connectivity index (χ0v) is 17.9. The Morgan fingerprint density at radius 3 is 2.68 bits per heavy atom. The Kier molecular flexibility index (Phi) is 7.57. The fourth-order valence-electron chi connectivity index (χ4n) is 3.14. The number of carbonyl (C=O) groups excluding carboxylic acids is 2. The molecule has 3 atom stereocenters. The van der Waals surface area contributed by atoms with Crippen LogP contribution in [-0.2, 0) is 9.59 Å². The van der Waals surface area contributed by atoms with Crippen molar-refractivity contribution >= 4 is 72.8 Å². The van der Waals surface area contributed by atoms with Crippen molar-refractivity contribution in [1.29, 1.82) is 0 Å². The molecule has 3 nitrogen and oxygen atoms in total. The van der Waals surface area contributed by atoms with E-state index in [0.717, 1.165) is 30.6 Å². The summed E-state index contributed by atoms with van der Waals surface area (Å²) in [5, 5.41) is 0.0173. The Morgan fingerprint density at radius 2 is 2.00 bits per heavy atom. The van der Waals surface area contributed by atoms with Crippen LogP contribution in [0.5, 0.6) is 0 Å². The van der Waals surface area contributed by atoms with Gasteiger partial charge in [0.05, 0.1) is 5.37 Å². The number of rotatable bonds is 4. The number of Topliss-reactive ketones (excluding diaryl/α,β-unsaturated/α-hetero) is 1. The molecule has 0 radical (unpaired) electrons. The van der Waals surface area contributed by atoms with Crippen molar-refractivity contribution in [2.75, 3.05) is 5.75 Å². The topological polar surface area (TPSA) is 37.4 Å². The van der Waals surface area contributed by atoms with Crippen LogP contribution >= 0.6 is 11.8 Å². The summed E-state index contributed by atoms with van der Waals surface area (Å²) in [6.07, 6.45) is 7.92. The van der Waals surface area contributed by atoms with Crippen LogP contribution in [-0.4, -0.2) is 77.8 Å². The summed E-state index contributed by atoms with van der Waals surface area (Å²) in [6, 6.07) is 10.0. The summed E-state index contributed by atoms with van der Waals surface area (Å²) >= 11 is 1.75. The third-order valence-corrected chi connectivity index (χ3v) is 5.63. The minimum absolute atomic E-state index is 0. The van der Waals surface area contributed by atoms with Gasteiger partial charge in [0.2, 0.25) is 0 Å². The molecule has 112 valence electrons. The van der Waals surface area contributed by atoms with Crippen molar-refractivity contribution in [2.24, 2.45) is 5.92 Å². The van der Waals surface area contributed by atoms with Crippen molar-refractivity contribution in [1.82, 2.24) is 4.90 Å². The van der Waals surface area contributed by atoms with Gasteiger partial charge in [-0.15, -0.1) is 23.7 Å². The summed E-state index contributed by atoms with van der Waals surface area (Å²) in [4.78, 5) is 25.1. The Labute approximate surface area is 176 Å². The molecule has 0 N–H and O–H groups in total. The van der Waals surface area contributed by atoms with Gasteiger partial charge in [-0.25, -0.2) is 0 Å². The molecule has 1 saturated heterocycles. The molecule has 1 aromatic carbocycles. The largest absolute Gasteiger partial charge is 2.00 e. The van der Waals surface area contributed by atoms with E-state index in [1.807, 2.05) is 30.3 Å². The third-order valence-electron chi connectivity index (χ3n) is 4.28. The van der Waals surface area contributed by atoms with E-state index in [-0.39, 0.29) is 66.2 Å². The van der Waals surface area contributed by atoms with Gasteiger partial charge in [0.1, 0.15) is 5.78 Å². The maximum absolute atomic E-state index is 12.0. The minimum Gasteiger partial charge on any atom is -0.524 e. The van der Waals surface area contributed by atoms with Gasteiger partial charge in [-0.3, -0.25) is 6.42 Å². The van der Waals surface area contributed by atoms with Gasteiger partial charge >= 0.3 is 48.9 Å². The standard InChI is InChI=1S/C17H19NO2S.Ba/c19-12-18-15(10-14-8-4-5-9-16(14)20)11-21-17(18)13-6-2-1-3-7-13;/h1-3,6-7,10,14-15,17H,4-5,8-9,11H2;/q-2;+2. The zero-order valence-electron chi connectivity index (χ0n) is 12.6. The second kappa shape index (κ2) is 8.95. The Balaban J connectivity index is 0.00000176. The van der Waals surface area contributed by atoms with Gasteiger partial charge in [-0.2, -0.15) is 6.41 Å². The second-order valence-electron chi connectivity index (χ2n) is 5.67. The van der Waals surface area contributed by atoms with E-state index >= 15 is 0 Å². The molecule has 2 aliphatic rings. The van der Waals surface area contributed by atoms with Gasteiger partial charge in [-0.05, 0) is 17.7 Å². The molecule has 3 unspecified atom stereocenters. The van der Waals surface area contributed by atoms with E-state index in [1.165, 1.54) is 0 Å². The number of nitrogens with zero attached hydrogens (tertiary/aromatic N) is 1. The fraction of sp³-hybridized carbons (Fsp3) is 0.471. The summed E-state index contributed by atoms with van der Waals surface area (Å²) < 4.78 is 0. The Bertz CT molecular complexity index is 511. The van der Waals surface area contributed by atoms with Crippen LogP contribution in [0.3, 0.4) is 0 Å². The normalized spacial score (nSPS) is 28.3. The summed E-state index contributed by atoms with van der Waals surface area (Å²) in [5.74, 6) is 1.20. The monoisotopic (exact) mass is 439 g/mol. The summed E-state index contributed by atoms with van der Waals surface area (Å²) in [5.41, 5.74) is 1.12. The fourth-order valence-corrected chi connectivity index (χ4v) is 4.50. The second-order valence-corrected chi connectivity index (χ2v) is 6.79. The first-order valence-electron chi connectivity index (χ1n) is 7.50. The van der Waals surface area contributed by atoms with Crippen molar-refractivity contribution in [2.45, 2.75) is 37.1 Å². The Morgan fingerprint density at radius 1 is 1.23 bits per heavy atom. The molecule has 1 aromatic rings. The average molecular weight is 439 g/mol. The zero-order chi connectivity index (χ0) is 14.7. The van der Waals surface area contributed by atoms with Crippen LogP contribution in [0.2, 0.25) is 0 Å². The molecule has 3 rings (SSSR count). The van der Waals surface area contributed by atoms with Crippen molar-refractivity contribution in [3.63, 3.8) is 0 Å². The van der Waals surface area contributed by atoms with Crippen molar-refractivity contribution in [3.8, 4) is 0 Å². The summed E-state index contributed by atoms with van der Waals surface area (Å²) in [6.45, 7) is 0. The van der Waals surface area contributed by atoms with E-state index in [9.17, 15) is 9.59 Å². The van der Waals surface area contributed by atoms with Gasteiger partial charge in [0, 0.05) is 6.42 Å². The molecule has 1 amide bonds. The minimum atomic E-state index is 0. The van der Waals surface area contributed by atoms with Crippen molar-refractivity contribution < 1.29 is 9.59 Å². The smallest absolute Gasteiger partial charge is 0.524 e. The molecule has 22 heavy (non-hydrogen) atoms. The number of thioether (sulfide) groups is 1. The van der Waals surface area contributed by atoms with E-state index in [1.54, 1.807) is 16.7 Å². The van der Waals surface area contributed by atoms with Crippen LogP contribution in [0.25, 0.3) is 0 Å². The van der Waals surface area contributed by atoms with E-state index in [0.29, 0.717) is 12.2 Å². The molecule has 1 aliphatic heterocycles. The van der Waals surface area contributed by atoms with Gasteiger partial charge in [-0.1, -0.05) is 43.2 Å². The molecule has 1 saturated carbocycles. The van der Waals surface area contributed by atoms with Crippen LogP contribution < -0.4 is 0 Å². The number of hydrogen-bond donors (Lipinski definition) is 0. The molecular weight excluding hydrogens is 420 g/mol. The average Bonchev–Trinajstić information content (AvgIpc) is 2.93. The van der Waals surface area contributed by atoms with Gasteiger partial charge in [0.25, 0.3) is 0 Å². The van der Waals surface area contributed by atoms with Crippen LogP contribution in [0.15, 0.2) is 30.3 Å². The predicted octanol–water partition coefficient (Wildman–Crippen LogP) is 2.75. The maximum atomic E-state index is 12.0. The third kappa shape index (κ3) is 4.22. The first-order chi connectivity index (χ1) is 10.3. The van der Waals surface area contributed by atoms with Gasteiger partial charge in [0.15, 0.2) is 0 Å². The first-order valence-corrected chi connectivity index (χ1v) is 8.55. The molecule has 2 fully saturated rings. The first kappa shape index (κ1) is 18.6. The van der Waals surface area contributed by atoms with Crippen LogP contribution in [0.4, 0.5) is 0 Å². The SMILES string of the molecule is O=[C-]N1C([CH-]C2CCCCC2=O)CSC1c1ccccc1.[Ba+2].